The van der Waals surface area contributed by atoms with Crippen molar-refractivity contribution in [3.8, 4) is 17.4 Å². The summed E-state index contributed by atoms with van der Waals surface area (Å²) < 4.78 is 12.8. The molecule has 0 saturated carbocycles. The van der Waals surface area contributed by atoms with Crippen molar-refractivity contribution in [2.75, 3.05) is 25.7 Å². The molecule has 3 aromatic rings. The molecule has 8 heteroatoms. The zero-order chi connectivity index (χ0) is 19.8. The summed E-state index contributed by atoms with van der Waals surface area (Å²) in [4.78, 5) is 0. The van der Waals surface area contributed by atoms with E-state index in [0.717, 1.165) is 28.0 Å². The number of methoxy groups -OCH3 is 2. The van der Waals surface area contributed by atoms with Gasteiger partial charge in [-0.25, -0.2) is 0 Å². The van der Waals surface area contributed by atoms with Crippen LogP contribution in [0.3, 0.4) is 0 Å². The lowest BCUT2D eigenvalue weighted by atomic mass is 10.2. The maximum atomic E-state index is 11.0. The summed E-state index contributed by atoms with van der Waals surface area (Å²) in [6, 6.07) is 9.37. The number of fused-ring (bicyclic) bond motifs is 1. The first-order chi connectivity index (χ1) is 13.5. The largest absolute Gasteiger partial charge is 0.493 e. The van der Waals surface area contributed by atoms with Crippen LogP contribution in [0, 0.1) is 6.92 Å². The first-order valence-electron chi connectivity index (χ1n) is 8.78. The summed E-state index contributed by atoms with van der Waals surface area (Å²) in [5.41, 5.74) is 2.86. The minimum Gasteiger partial charge on any atom is -0.493 e. The maximum absolute atomic E-state index is 11.0. The van der Waals surface area contributed by atoms with Gasteiger partial charge in [-0.05, 0) is 30.7 Å². The first-order valence-corrected chi connectivity index (χ1v) is 10.3. The molecule has 4 rings (SSSR count). The minimum absolute atomic E-state index is 0.0963. The number of aromatic hydroxyl groups is 1. The highest BCUT2D eigenvalue weighted by Crippen LogP contribution is 2.48. The normalized spacial score (nSPS) is 14.6. The predicted molar refractivity (Wildman–Crippen MR) is 113 cm³/mol. The van der Waals surface area contributed by atoms with Gasteiger partial charge in [-0.1, -0.05) is 17.7 Å². The SMILES string of the molecule is COc1cc2c(N=Nc3cc(Cl)ccc3C)c(O)n(C3CSC3)c2cc1OC. The third kappa shape index (κ3) is 3.18. The molecule has 1 fully saturated rings. The fourth-order valence-electron chi connectivity index (χ4n) is 3.24. The number of hydrogen-bond donors (Lipinski definition) is 1. The molecule has 6 nitrogen and oxygen atoms in total. The number of thioether (sulfide) groups is 1. The van der Waals surface area contributed by atoms with Crippen molar-refractivity contribution in [1.29, 1.82) is 0 Å². The Balaban J connectivity index is 1.90. The third-order valence-corrected chi connectivity index (χ3v) is 6.35. The molecule has 0 amide bonds. The van der Waals surface area contributed by atoms with Crippen molar-refractivity contribution in [2.24, 2.45) is 10.2 Å². The minimum atomic E-state index is 0.0963. The van der Waals surface area contributed by atoms with E-state index in [-0.39, 0.29) is 11.9 Å². The molecule has 1 N–H and O–H groups in total. The van der Waals surface area contributed by atoms with Gasteiger partial charge >= 0.3 is 0 Å². The van der Waals surface area contributed by atoms with Crippen molar-refractivity contribution >= 4 is 45.6 Å². The van der Waals surface area contributed by atoms with Crippen LogP contribution in [-0.4, -0.2) is 35.4 Å². The molecule has 0 atom stereocenters. The van der Waals surface area contributed by atoms with Crippen molar-refractivity contribution in [3.63, 3.8) is 0 Å². The molecule has 0 bridgehead atoms. The van der Waals surface area contributed by atoms with Gasteiger partial charge in [-0.15, -0.1) is 5.11 Å². The summed E-state index contributed by atoms with van der Waals surface area (Å²) in [6.45, 7) is 1.94. The predicted octanol–water partition coefficient (Wildman–Crippen LogP) is 6.03. The Morgan fingerprint density at radius 1 is 1.11 bits per heavy atom. The van der Waals surface area contributed by atoms with Gasteiger partial charge < -0.3 is 19.1 Å². The molecule has 146 valence electrons. The number of benzene rings is 2. The van der Waals surface area contributed by atoms with Crippen LogP contribution in [0.2, 0.25) is 5.02 Å². The third-order valence-electron chi connectivity index (χ3n) is 4.87. The van der Waals surface area contributed by atoms with E-state index in [4.69, 9.17) is 21.1 Å². The Morgan fingerprint density at radius 3 is 2.46 bits per heavy atom. The molecule has 0 unspecified atom stereocenters. The van der Waals surface area contributed by atoms with Gasteiger partial charge in [0.05, 0.1) is 31.5 Å². The Bertz CT molecular complexity index is 1080. The number of azo groups is 1. The summed E-state index contributed by atoms with van der Waals surface area (Å²) >= 11 is 7.92. The molecule has 28 heavy (non-hydrogen) atoms. The molecular formula is C20H20ClN3O3S. The van der Waals surface area contributed by atoms with E-state index >= 15 is 0 Å². The molecule has 1 saturated heterocycles. The number of hydrogen-bond acceptors (Lipinski definition) is 6. The van der Waals surface area contributed by atoms with E-state index in [1.165, 1.54) is 0 Å². The number of ether oxygens (including phenoxy) is 2. The molecule has 1 aromatic heterocycles. The van der Waals surface area contributed by atoms with Crippen molar-refractivity contribution in [3.05, 3.63) is 40.9 Å². The lowest BCUT2D eigenvalue weighted by Gasteiger charge is -2.28. The Morgan fingerprint density at radius 2 is 1.82 bits per heavy atom. The van der Waals surface area contributed by atoms with Gasteiger partial charge in [0.25, 0.3) is 0 Å². The number of halogens is 1. The second-order valence-corrected chi connectivity index (χ2v) is 8.10. The van der Waals surface area contributed by atoms with Gasteiger partial charge in [0.1, 0.15) is 0 Å². The number of rotatable bonds is 5. The molecule has 1 aliphatic heterocycles. The fourth-order valence-corrected chi connectivity index (χ4v) is 4.15. The molecular weight excluding hydrogens is 398 g/mol. The van der Waals surface area contributed by atoms with Crippen LogP contribution in [0.15, 0.2) is 40.6 Å². The van der Waals surface area contributed by atoms with E-state index in [0.29, 0.717) is 27.9 Å². The van der Waals surface area contributed by atoms with Crippen LogP contribution in [0.4, 0.5) is 11.4 Å². The highest BCUT2D eigenvalue weighted by atomic mass is 35.5. The van der Waals surface area contributed by atoms with E-state index in [1.807, 2.05) is 47.5 Å². The van der Waals surface area contributed by atoms with Crippen LogP contribution >= 0.6 is 23.4 Å². The highest BCUT2D eigenvalue weighted by Gasteiger charge is 2.28. The van der Waals surface area contributed by atoms with Crippen LogP contribution in [0.1, 0.15) is 11.6 Å². The highest BCUT2D eigenvalue weighted by molar-refractivity contribution is 8.00. The molecule has 2 aromatic carbocycles. The summed E-state index contributed by atoms with van der Waals surface area (Å²) in [7, 11) is 3.18. The standard InChI is InChI=1S/C20H20ClN3O3S/c1-11-4-5-12(21)6-15(11)22-23-19-14-7-17(26-2)18(27-3)8-16(14)24(20(19)25)13-9-28-10-13/h4-8,13,25H,9-10H2,1-3H3. The Hall–Kier alpha value is -2.38. The monoisotopic (exact) mass is 417 g/mol. The van der Waals surface area contributed by atoms with Gasteiger partial charge in [0, 0.05) is 28.0 Å². The number of nitrogens with zero attached hydrogens (tertiary/aromatic N) is 3. The molecule has 2 heterocycles. The average Bonchev–Trinajstić information content (AvgIpc) is 2.91. The fraction of sp³-hybridized carbons (Fsp3) is 0.300. The van der Waals surface area contributed by atoms with Gasteiger partial charge in [0.15, 0.2) is 17.2 Å². The lowest BCUT2D eigenvalue weighted by molar-refractivity contribution is 0.355. The second-order valence-electron chi connectivity index (χ2n) is 6.59. The van der Waals surface area contributed by atoms with E-state index in [1.54, 1.807) is 20.3 Å². The second kappa shape index (κ2) is 7.56. The van der Waals surface area contributed by atoms with Crippen molar-refractivity contribution in [1.82, 2.24) is 4.57 Å². The van der Waals surface area contributed by atoms with Gasteiger partial charge in [0.2, 0.25) is 5.88 Å². The van der Waals surface area contributed by atoms with Crippen molar-refractivity contribution < 1.29 is 14.6 Å². The molecule has 0 aliphatic carbocycles. The topological polar surface area (TPSA) is 68.3 Å². The summed E-state index contributed by atoms with van der Waals surface area (Å²) in [6.07, 6.45) is 0. The van der Waals surface area contributed by atoms with E-state index in [2.05, 4.69) is 10.2 Å². The van der Waals surface area contributed by atoms with E-state index < -0.39 is 0 Å². The van der Waals surface area contributed by atoms with Crippen LogP contribution < -0.4 is 9.47 Å². The van der Waals surface area contributed by atoms with E-state index in [9.17, 15) is 5.11 Å². The smallest absolute Gasteiger partial charge is 0.221 e. The molecule has 1 aliphatic rings. The molecule has 0 radical (unpaired) electrons. The van der Waals surface area contributed by atoms with Gasteiger partial charge in [-0.2, -0.15) is 16.9 Å². The quantitative estimate of drug-likeness (QED) is 0.514. The molecule has 0 spiro atoms. The number of aromatic nitrogens is 1. The van der Waals surface area contributed by atoms with Crippen molar-refractivity contribution in [2.45, 2.75) is 13.0 Å². The lowest BCUT2D eigenvalue weighted by Crippen LogP contribution is -2.22. The summed E-state index contributed by atoms with van der Waals surface area (Å²) in [5, 5.41) is 21.1. The summed E-state index contributed by atoms with van der Waals surface area (Å²) in [5.74, 6) is 3.16. The maximum Gasteiger partial charge on any atom is 0.221 e. The zero-order valence-corrected chi connectivity index (χ0v) is 17.3. The van der Waals surface area contributed by atoms with Crippen LogP contribution in [-0.2, 0) is 0 Å². The Labute approximate surface area is 172 Å². The zero-order valence-electron chi connectivity index (χ0n) is 15.8. The number of aryl methyl sites for hydroxylation is 1. The van der Waals surface area contributed by atoms with Gasteiger partial charge in [-0.3, -0.25) is 0 Å². The average molecular weight is 418 g/mol. The first kappa shape index (κ1) is 19.0. The van der Waals surface area contributed by atoms with Crippen LogP contribution in [0.5, 0.6) is 17.4 Å². The Kier molecular flexibility index (Phi) is 5.12. The van der Waals surface area contributed by atoms with Crippen LogP contribution in [0.25, 0.3) is 10.9 Å².